The zero-order valence-electron chi connectivity index (χ0n) is 14.5. The van der Waals surface area contributed by atoms with Gasteiger partial charge in [0.1, 0.15) is 6.33 Å². The molecule has 0 aliphatic rings. The number of hydrogen-bond acceptors (Lipinski definition) is 5. The normalized spacial score (nSPS) is 12.1. The van der Waals surface area contributed by atoms with Crippen molar-refractivity contribution in [2.75, 3.05) is 0 Å². The summed E-state index contributed by atoms with van der Waals surface area (Å²) in [6.07, 6.45) is 2.02. The fourth-order valence-corrected chi connectivity index (χ4v) is 2.92. The number of nitrogens with zero attached hydrogens (tertiary/aromatic N) is 4. The van der Waals surface area contributed by atoms with Crippen molar-refractivity contribution in [3.63, 3.8) is 0 Å². The number of fused-ring (bicyclic) bond motifs is 1. The molecule has 2 N–H and O–H groups in total. The molecule has 0 fully saturated rings. The Morgan fingerprint density at radius 3 is 2.65 bits per heavy atom. The maximum Gasteiger partial charge on any atom is 0.330 e. The Kier molecular flexibility index (Phi) is 4.92. The number of aromatic nitrogens is 4. The minimum Gasteiger partial charge on any atom is -0.479 e. The molecule has 0 bridgehead atoms. The van der Waals surface area contributed by atoms with Gasteiger partial charge in [-0.2, -0.15) is 10.1 Å². The van der Waals surface area contributed by atoms with E-state index in [1.165, 1.54) is 6.33 Å². The summed E-state index contributed by atoms with van der Waals surface area (Å²) < 4.78 is 1.63. The first-order valence-electron chi connectivity index (χ1n) is 8.20. The molecular formula is C18H19N5O3. The first-order chi connectivity index (χ1) is 12.5. The molecule has 0 aliphatic carbocycles. The molecule has 0 saturated heterocycles. The second kappa shape index (κ2) is 7.30. The van der Waals surface area contributed by atoms with Gasteiger partial charge in [0.25, 0.3) is 5.78 Å². The van der Waals surface area contributed by atoms with Crippen molar-refractivity contribution in [3.8, 4) is 0 Å². The number of carbonyl (C=O) groups excluding carboxylic acids is 1. The Morgan fingerprint density at radius 2 is 1.96 bits per heavy atom. The van der Waals surface area contributed by atoms with E-state index in [2.05, 4.69) is 20.4 Å². The maximum atomic E-state index is 12.3. The van der Waals surface area contributed by atoms with Crippen LogP contribution in [0.15, 0.2) is 36.7 Å². The van der Waals surface area contributed by atoms with Crippen molar-refractivity contribution in [3.05, 3.63) is 59.2 Å². The van der Waals surface area contributed by atoms with Gasteiger partial charge in [0.15, 0.2) is 6.04 Å². The van der Waals surface area contributed by atoms with Crippen LogP contribution in [-0.4, -0.2) is 36.6 Å². The van der Waals surface area contributed by atoms with Crippen molar-refractivity contribution < 1.29 is 14.7 Å². The van der Waals surface area contributed by atoms with Crippen LogP contribution in [0, 0.1) is 13.8 Å². The van der Waals surface area contributed by atoms with Crippen LogP contribution in [0.3, 0.4) is 0 Å². The summed E-state index contributed by atoms with van der Waals surface area (Å²) in [4.78, 5) is 32.2. The molecule has 1 aromatic carbocycles. The van der Waals surface area contributed by atoms with E-state index in [0.717, 1.165) is 17.0 Å². The number of nitrogens with one attached hydrogen (secondary N) is 1. The number of aliphatic carboxylic acids is 1. The smallest absolute Gasteiger partial charge is 0.330 e. The maximum absolute atomic E-state index is 12.3. The average Bonchev–Trinajstić information content (AvgIpc) is 3.08. The van der Waals surface area contributed by atoms with E-state index in [0.29, 0.717) is 17.8 Å². The summed E-state index contributed by atoms with van der Waals surface area (Å²) in [5.74, 6) is -0.912. The summed E-state index contributed by atoms with van der Waals surface area (Å²) >= 11 is 0. The zero-order chi connectivity index (χ0) is 18.7. The summed E-state index contributed by atoms with van der Waals surface area (Å²) in [7, 11) is 0. The number of hydrogen-bond donors (Lipinski definition) is 2. The number of rotatable bonds is 6. The minimum atomic E-state index is -1.09. The molecule has 2 heterocycles. The van der Waals surface area contributed by atoms with Crippen molar-refractivity contribution >= 4 is 17.7 Å². The van der Waals surface area contributed by atoms with Gasteiger partial charge in [0.05, 0.1) is 0 Å². The predicted molar refractivity (Wildman–Crippen MR) is 93.5 cm³/mol. The highest BCUT2D eigenvalue weighted by atomic mass is 16.4. The van der Waals surface area contributed by atoms with Crippen LogP contribution < -0.4 is 5.32 Å². The quantitative estimate of drug-likeness (QED) is 0.697. The Bertz CT molecular complexity index is 952. The van der Waals surface area contributed by atoms with Crippen LogP contribution in [0.25, 0.3) is 5.78 Å². The molecule has 0 spiro atoms. The van der Waals surface area contributed by atoms with Crippen molar-refractivity contribution in [1.82, 2.24) is 24.9 Å². The first-order valence-corrected chi connectivity index (χ1v) is 8.20. The number of amides is 1. The van der Waals surface area contributed by atoms with Crippen LogP contribution >= 0.6 is 0 Å². The number of carboxylic acids is 1. The third-order valence-corrected chi connectivity index (χ3v) is 4.28. The molecule has 3 rings (SSSR count). The van der Waals surface area contributed by atoms with Gasteiger partial charge < -0.3 is 10.4 Å². The summed E-state index contributed by atoms with van der Waals surface area (Å²) in [5, 5.41) is 16.1. The van der Waals surface area contributed by atoms with Crippen molar-refractivity contribution in [2.45, 2.75) is 32.7 Å². The van der Waals surface area contributed by atoms with E-state index in [-0.39, 0.29) is 12.3 Å². The van der Waals surface area contributed by atoms with E-state index in [1.807, 2.05) is 13.8 Å². The highest BCUT2D eigenvalue weighted by Crippen LogP contribution is 2.16. The second-order valence-corrected chi connectivity index (χ2v) is 5.98. The topological polar surface area (TPSA) is 109 Å². The number of aryl methyl sites for hydroxylation is 2. The molecule has 8 heteroatoms. The molecule has 1 atom stereocenters. The summed E-state index contributed by atoms with van der Waals surface area (Å²) in [5.41, 5.74) is 3.10. The molecule has 3 aromatic rings. The largest absolute Gasteiger partial charge is 0.479 e. The predicted octanol–water partition coefficient (Wildman–Crippen LogP) is 1.62. The Morgan fingerprint density at radius 1 is 1.23 bits per heavy atom. The van der Waals surface area contributed by atoms with Crippen LogP contribution in [0.5, 0.6) is 0 Å². The lowest BCUT2D eigenvalue weighted by molar-refractivity contribution is -0.142. The molecule has 1 amide bonds. The minimum absolute atomic E-state index is 0.153. The third kappa shape index (κ3) is 3.53. The van der Waals surface area contributed by atoms with Crippen LogP contribution in [-0.2, 0) is 16.0 Å². The van der Waals surface area contributed by atoms with Gasteiger partial charge in [-0.25, -0.2) is 14.3 Å². The zero-order valence-corrected chi connectivity index (χ0v) is 14.5. The third-order valence-electron chi connectivity index (χ3n) is 4.28. The average molecular weight is 353 g/mol. The highest BCUT2D eigenvalue weighted by Gasteiger charge is 2.22. The van der Waals surface area contributed by atoms with Crippen LogP contribution in [0.1, 0.15) is 35.0 Å². The van der Waals surface area contributed by atoms with Crippen LogP contribution in [0.2, 0.25) is 0 Å². The van der Waals surface area contributed by atoms with E-state index in [9.17, 15) is 14.7 Å². The van der Waals surface area contributed by atoms with Crippen molar-refractivity contribution in [2.24, 2.45) is 0 Å². The van der Waals surface area contributed by atoms with Crippen molar-refractivity contribution in [1.29, 1.82) is 0 Å². The van der Waals surface area contributed by atoms with Gasteiger partial charge in [-0.05, 0) is 31.4 Å². The number of carboxylic acid groups (broad SMARTS) is 1. The van der Waals surface area contributed by atoms with E-state index in [4.69, 9.17) is 0 Å². The molecular weight excluding hydrogens is 334 g/mol. The van der Waals surface area contributed by atoms with E-state index >= 15 is 0 Å². The Balaban J connectivity index is 1.72. The fourth-order valence-electron chi connectivity index (χ4n) is 2.92. The molecule has 8 nitrogen and oxygen atoms in total. The summed E-state index contributed by atoms with van der Waals surface area (Å²) in [6.45, 7) is 3.76. The van der Waals surface area contributed by atoms with E-state index < -0.39 is 12.0 Å². The van der Waals surface area contributed by atoms with E-state index in [1.54, 1.807) is 34.8 Å². The molecule has 2 aromatic heterocycles. The monoisotopic (exact) mass is 353 g/mol. The molecule has 0 radical (unpaired) electrons. The van der Waals surface area contributed by atoms with Gasteiger partial charge in [-0.1, -0.05) is 30.3 Å². The summed E-state index contributed by atoms with van der Waals surface area (Å²) in [6, 6.07) is 7.56. The lowest BCUT2D eigenvalue weighted by atomic mass is 10.0. The highest BCUT2D eigenvalue weighted by molar-refractivity contribution is 5.84. The Labute approximate surface area is 149 Å². The second-order valence-electron chi connectivity index (χ2n) is 5.98. The standard InChI is InChI=1S/C18H19N5O3/c1-11-14(12(2)23-18(21-11)19-10-20-23)8-9-15(24)22-16(17(25)26)13-6-4-3-5-7-13/h3-7,10,16H,8-9H2,1-2H3,(H,22,24)(H,25,26)/t16-/m0/s1. The first kappa shape index (κ1) is 17.5. The number of carbonyl (C=O) groups is 2. The molecule has 0 unspecified atom stereocenters. The molecule has 0 saturated carbocycles. The van der Waals surface area contributed by atoms with Gasteiger partial charge in [-0.15, -0.1) is 0 Å². The van der Waals surface area contributed by atoms with Gasteiger partial charge in [-0.3, -0.25) is 4.79 Å². The molecule has 134 valence electrons. The Hall–Kier alpha value is -3.29. The molecule has 0 aliphatic heterocycles. The van der Waals surface area contributed by atoms with Gasteiger partial charge in [0.2, 0.25) is 5.91 Å². The van der Waals surface area contributed by atoms with Gasteiger partial charge >= 0.3 is 5.97 Å². The molecule has 26 heavy (non-hydrogen) atoms. The fraction of sp³-hybridized carbons (Fsp3) is 0.278. The van der Waals surface area contributed by atoms with Crippen LogP contribution in [0.4, 0.5) is 0 Å². The lowest BCUT2D eigenvalue weighted by Gasteiger charge is -2.15. The number of benzene rings is 1. The lowest BCUT2D eigenvalue weighted by Crippen LogP contribution is -2.33. The SMILES string of the molecule is Cc1nc2ncnn2c(C)c1CCC(=O)N[C@H](C(=O)O)c1ccccc1. The van der Waals surface area contributed by atoms with Gasteiger partial charge in [0, 0.05) is 17.8 Å².